The van der Waals surface area contributed by atoms with Crippen LogP contribution in [0.15, 0.2) is 18.2 Å². The molecule has 0 bridgehead atoms. The lowest BCUT2D eigenvalue weighted by atomic mass is 10.0. The van der Waals surface area contributed by atoms with Gasteiger partial charge >= 0.3 is 0 Å². The van der Waals surface area contributed by atoms with Crippen LogP contribution in [0.3, 0.4) is 0 Å². The fourth-order valence-electron chi connectivity index (χ4n) is 1.98. The van der Waals surface area contributed by atoms with Crippen molar-refractivity contribution < 1.29 is 9.53 Å². The minimum atomic E-state index is -0.500. The predicted molar refractivity (Wildman–Crippen MR) is 77.4 cm³/mol. The molecule has 106 valence electrons. The second kappa shape index (κ2) is 7.14. The average molecular weight is 264 g/mol. The van der Waals surface area contributed by atoms with Crippen molar-refractivity contribution >= 4 is 5.91 Å². The summed E-state index contributed by atoms with van der Waals surface area (Å²) in [5.74, 6) is 0.637. The van der Waals surface area contributed by atoms with E-state index in [1.54, 1.807) is 14.0 Å². The lowest BCUT2D eigenvalue weighted by Crippen LogP contribution is -2.34. The van der Waals surface area contributed by atoms with Crippen molar-refractivity contribution in [3.05, 3.63) is 29.3 Å². The Balaban J connectivity index is 2.96. The Morgan fingerprint density at radius 2 is 2.05 bits per heavy atom. The van der Waals surface area contributed by atoms with Crippen molar-refractivity contribution in [2.45, 2.75) is 39.8 Å². The standard InChI is InChI=1S/C15H24N2O2/c1-6-17-11(3)13-9-10(2)7-8-14(13)19-12(4)15(18)16-5/h7-9,11-12,17H,6H2,1-5H3,(H,16,18). The minimum absolute atomic E-state index is 0.123. The summed E-state index contributed by atoms with van der Waals surface area (Å²) < 4.78 is 5.77. The van der Waals surface area contributed by atoms with Gasteiger partial charge in [-0.2, -0.15) is 0 Å². The van der Waals surface area contributed by atoms with Crippen LogP contribution in [0.4, 0.5) is 0 Å². The Morgan fingerprint density at radius 3 is 2.63 bits per heavy atom. The molecule has 0 aromatic heterocycles. The Hall–Kier alpha value is -1.55. The Labute approximate surface area is 115 Å². The van der Waals surface area contributed by atoms with Gasteiger partial charge in [0, 0.05) is 18.7 Å². The molecule has 2 N–H and O–H groups in total. The van der Waals surface area contributed by atoms with Crippen LogP contribution in [-0.4, -0.2) is 25.6 Å². The topological polar surface area (TPSA) is 50.4 Å². The maximum Gasteiger partial charge on any atom is 0.260 e. The van der Waals surface area contributed by atoms with Gasteiger partial charge in [-0.1, -0.05) is 24.6 Å². The third-order valence-corrected chi connectivity index (χ3v) is 3.06. The van der Waals surface area contributed by atoms with Crippen LogP contribution in [0.5, 0.6) is 5.75 Å². The van der Waals surface area contributed by atoms with Crippen LogP contribution in [-0.2, 0) is 4.79 Å². The highest BCUT2D eigenvalue weighted by molar-refractivity contribution is 5.80. The van der Waals surface area contributed by atoms with E-state index in [1.807, 2.05) is 19.1 Å². The molecule has 0 spiro atoms. The number of likely N-dealkylation sites (N-methyl/N-ethyl adjacent to an activating group) is 1. The summed E-state index contributed by atoms with van der Waals surface area (Å²) >= 11 is 0. The molecule has 0 heterocycles. The number of carbonyl (C=O) groups excluding carboxylic acids is 1. The monoisotopic (exact) mass is 264 g/mol. The van der Waals surface area contributed by atoms with E-state index in [0.29, 0.717) is 0 Å². The molecule has 0 radical (unpaired) electrons. The van der Waals surface area contributed by atoms with E-state index in [2.05, 4.69) is 30.5 Å². The van der Waals surface area contributed by atoms with Crippen molar-refractivity contribution in [1.29, 1.82) is 0 Å². The predicted octanol–water partition coefficient (Wildman–Crippen LogP) is 2.18. The van der Waals surface area contributed by atoms with Crippen molar-refractivity contribution in [3.8, 4) is 5.75 Å². The SMILES string of the molecule is CCNC(C)c1cc(C)ccc1OC(C)C(=O)NC. The van der Waals surface area contributed by atoms with E-state index >= 15 is 0 Å². The van der Waals surface area contributed by atoms with Gasteiger partial charge in [-0.25, -0.2) is 0 Å². The first-order valence-electron chi connectivity index (χ1n) is 6.71. The molecule has 0 aliphatic carbocycles. The molecule has 2 unspecified atom stereocenters. The van der Waals surface area contributed by atoms with E-state index < -0.39 is 6.10 Å². The molecule has 0 aliphatic rings. The highest BCUT2D eigenvalue weighted by atomic mass is 16.5. The molecule has 1 aromatic rings. The van der Waals surface area contributed by atoms with Crippen molar-refractivity contribution in [2.24, 2.45) is 0 Å². The average Bonchev–Trinajstić information content (AvgIpc) is 2.39. The Morgan fingerprint density at radius 1 is 1.37 bits per heavy atom. The molecule has 0 saturated heterocycles. The number of amides is 1. The molecule has 19 heavy (non-hydrogen) atoms. The highest BCUT2D eigenvalue weighted by Gasteiger charge is 2.17. The quantitative estimate of drug-likeness (QED) is 0.828. The number of hydrogen-bond donors (Lipinski definition) is 2. The second-order valence-electron chi connectivity index (χ2n) is 4.69. The molecule has 4 nitrogen and oxygen atoms in total. The smallest absolute Gasteiger partial charge is 0.260 e. The van der Waals surface area contributed by atoms with Gasteiger partial charge in [-0.15, -0.1) is 0 Å². The van der Waals surface area contributed by atoms with Crippen LogP contribution >= 0.6 is 0 Å². The summed E-state index contributed by atoms with van der Waals surface area (Å²) in [6.45, 7) is 8.85. The number of aryl methyl sites for hydroxylation is 1. The maximum absolute atomic E-state index is 11.5. The van der Waals surface area contributed by atoms with Gasteiger partial charge in [0.15, 0.2) is 6.10 Å². The van der Waals surface area contributed by atoms with Crippen LogP contribution in [0.25, 0.3) is 0 Å². The fourth-order valence-corrected chi connectivity index (χ4v) is 1.98. The Bertz CT molecular complexity index is 432. The molecule has 2 atom stereocenters. The number of hydrogen-bond acceptors (Lipinski definition) is 3. The van der Waals surface area contributed by atoms with Gasteiger partial charge in [0.2, 0.25) is 0 Å². The summed E-state index contributed by atoms with van der Waals surface area (Å²) in [5, 5.41) is 5.96. The van der Waals surface area contributed by atoms with E-state index in [9.17, 15) is 4.79 Å². The third-order valence-electron chi connectivity index (χ3n) is 3.06. The minimum Gasteiger partial charge on any atom is -0.481 e. The zero-order chi connectivity index (χ0) is 14.4. The first kappa shape index (κ1) is 15.5. The lowest BCUT2D eigenvalue weighted by molar-refractivity contribution is -0.126. The van der Waals surface area contributed by atoms with Crippen molar-refractivity contribution in [2.75, 3.05) is 13.6 Å². The zero-order valence-electron chi connectivity index (χ0n) is 12.4. The molecule has 1 rings (SSSR count). The van der Waals surface area contributed by atoms with Gasteiger partial charge in [-0.3, -0.25) is 4.79 Å². The second-order valence-corrected chi connectivity index (χ2v) is 4.69. The first-order chi connectivity index (χ1) is 8.99. The van der Waals surface area contributed by atoms with Gasteiger partial charge < -0.3 is 15.4 Å². The summed E-state index contributed by atoms with van der Waals surface area (Å²) in [7, 11) is 1.61. The summed E-state index contributed by atoms with van der Waals surface area (Å²) in [5.41, 5.74) is 2.26. The summed E-state index contributed by atoms with van der Waals surface area (Å²) in [4.78, 5) is 11.5. The van der Waals surface area contributed by atoms with E-state index in [4.69, 9.17) is 4.74 Å². The number of rotatable bonds is 6. The van der Waals surface area contributed by atoms with E-state index in [0.717, 1.165) is 17.9 Å². The molecule has 4 heteroatoms. The molecule has 1 aromatic carbocycles. The summed E-state index contributed by atoms with van der Waals surface area (Å²) in [6.07, 6.45) is -0.500. The fraction of sp³-hybridized carbons (Fsp3) is 0.533. The lowest BCUT2D eigenvalue weighted by Gasteiger charge is -2.21. The van der Waals surface area contributed by atoms with Crippen LogP contribution in [0.1, 0.15) is 37.9 Å². The van der Waals surface area contributed by atoms with Crippen LogP contribution in [0, 0.1) is 6.92 Å². The normalized spacial score (nSPS) is 13.7. The highest BCUT2D eigenvalue weighted by Crippen LogP contribution is 2.27. The molecule has 0 fully saturated rings. The van der Waals surface area contributed by atoms with Gasteiger partial charge in [0.1, 0.15) is 5.75 Å². The van der Waals surface area contributed by atoms with Crippen molar-refractivity contribution in [3.63, 3.8) is 0 Å². The van der Waals surface area contributed by atoms with E-state index in [-0.39, 0.29) is 11.9 Å². The van der Waals surface area contributed by atoms with Crippen LogP contribution in [0.2, 0.25) is 0 Å². The Kier molecular flexibility index (Phi) is 5.83. The molecular weight excluding hydrogens is 240 g/mol. The molecule has 0 saturated carbocycles. The number of benzene rings is 1. The molecule has 0 aliphatic heterocycles. The van der Waals surface area contributed by atoms with Crippen LogP contribution < -0.4 is 15.4 Å². The first-order valence-corrected chi connectivity index (χ1v) is 6.71. The number of carbonyl (C=O) groups is 1. The third kappa shape index (κ3) is 4.24. The van der Waals surface area contributed by atoms with Gasteiger partial charge in [0.25, 0.3) is 5.91 Å². The maximum atomic E-state index is 11.5. The van der Waals surface area contributed by atoms with Gasteiger partial charge in [0.05, 0.1) is 0 Å². The zero-order valence-corrected chi connectivity index (χ0v) is 12.4. The largest absolute Gasteiger partial charge is 0.481 e. The number of ether oxygens (including phenoxy) is 1. The number of nitrogens with one attached hydrogen (secondary N) is 2. The molecule has 1 amide bonds. The van der Waals surface area contributed by atoms with Crippen molar-refractivity contribution in [1.82, 2.24) is 10.6 Å². The van der Waals surface area contributed by atoms with E-state index in [1.165, 1.54) is 5.56 Å². The molecular formula is C15H24N2O2. The summed E-state index contributed by atoms with van der Waals surface area (Å²) in [6, 6.07) is 6.21. The van der Waals surface area contributed by atoms with Gasteiger partial charge in [-0.05, 0) is 33.4 Å².